The highest BCUT2D eigenvalue weighted by molar-refractivity contribution is 5.95. The van der Waals surface area contributed by atoms with Crippen molar-refractivity contribution in [3.05, 3.63) is 27.7 Å². The summed E-state index contributed by atoms with van der Waals surface area (Å²) in [6, 6.07) is 0. The SMILES string of the molecule is NC(=O)c1[nH]cc(C(F)F)c(=O)c1N. The van der Waals surface area contributed by atoms with Crippen LogP contribution in [-0.4, -0.2) is 10.9 Å². The van der Waals surface area contributed by atoms with E-state index in [4.69, 9.17) is 11.5 Å². The molecule has 0 aliphatic heterocycles. The van der Waals surface area contributed by atoms with E-state index in [2.05, 4.69) is 4.98 Å². The second-order valence-corrected chi connectivity index (χ2v) is 2.53. The van der Waals surface area contributed by atoms with Gasteiger partial charge < -0.3 is 16.5 Å². The Kier molecular flexibility index (Phi) is 2.50. The zero-order valence-corrected chi connectivity index (χ0v) is 6.88. The molecule has 76 valence electrons. The lowest BCUT2D eigenvalue weighted by atomic mass is 10.2. The number of hydrogen-bond acceptors (Lipinski definition) is 3. The number of anilines is 1. The highest BCUT2D eigenvalue weighted by Crippen LogP contribution is 2.15. The summed E-state index contributed by atoms with van der Waals surface area (Å²) in [5.74, 6) is -0.972. The number of nitrogen functional groups attached to an aromatic ring is 1. The zero-order chi connectivity index (χ0) is 10.9. The third-order valence-electron chi connectivity index (χ3n) is 1.63. The van der Waals surface area contributed by atoms with Gasteiger partial charge in [-0.2, -0.15) is 0 Å². The average molecular weight is 203 g/mol. The van der Waals surface area contributed by atoms with Crippen molar-refractivity contribution in [2.24, 2.45) is 5.73 Å². The Bertz CT molecular complexity index is 427. The second-order valence-electron chi connectivity index (χ2n) is 2.53. The number of nitrogens with two attached hydrogens (primary N) is 2. The number of nitrogens with one attached hydrogen (secondary N) is 1. The molecule has 1 aromatic rings. The monoisotopic (exact) mass is 203 g/mol. The number of rotatable bonds is 2. The fourth-order valence-electron chi connectivity index (χ4n) is 0.928. The van der Waals surface area contributed by atoms with E-state index in [0.29, 0.717) is 0 Å². The largest absolute Gasteiger partial charge is 0.394 e. The lowest BCUT2D eigenvalue weighted by Crippen LogP contribution is -2.23. The van der Waals surface area contributed by atoms with E-state index in [1.807, 2.05) is 0 Å². The Morgan fingerprint density at radius 2 is 2.07 bits per heavy atom. The molecule has 0 saturated carbocycles. The average Bonchev–Trinajstić information content (AvgIpc) is 2.08. The number of aromatic nitrogens is 1. The van der Waals surface area contributed by atoms with Gasteiger partial charge in [-0.15, -0.1) is 0 Å². The number of hydrogen-bond donors (Lipinski definition) is 3. The Morgan fingerprint density at radius 1 is 1.50 bits per heavy atom. The molecular formula is C7H7F2N3O2. The highest BCUT2D eigenvalue weighted by atomic mass is 19.3. The van der Waals surface area contributed by atoms with Crippen molar-refractivity contribution in [3.63, 3.8) is 0 Å². The van der Waals surface area contributed by atoms with E-state index in [0.717, 1.165) is 6.20 Å². The van der Waals surface area contributed by atoms with Crippen molar-refractivity contribution in [3.8, 4) is 0 Å². The van der Waals surface area contributed by atoms with Crippen LogP contribution in [0.5, 0.6) is 0 Å². The summed E-state index contributed by atoms with van der Waals surface area (Å²) in [6.45, 7) is 0. The number of H-pyrrole nitrogens is 1. The van der Waals surface area contributed by atoms with Crippen LogP contribution in [0.25, 0.3) is 0 Å². The van der Waals surface area contributed by atoms with E-state index in [9.17, 15) is 18.4 Å². The van der Waals surface area contributed by atoms with Crippen LogP contribution in [0.2, 0.25) is 0 Å². The van der Waals surface area contributed by atoms with E-state index in [1.165, 1.54) is 0 Å². The van der Waals surface area contributed by atoms with Crippen molar-refractivity contribution < 1.29 is 13.6 Å². The van der Waals surface area contributed by atoms with Gasteiger partial charge >= 0.3 is 0 Å². The molecule has 0 radical (unpaired) electrons. The maximum atomic E-state index is 12.1. The Labute approximate surface area is 76.7 Å². The summed E-state index contributed by atoms with van der Waals surface area (Å²) in [6.07, 6.45) is -2.22. The van der Waals surface area contributed by atoms with Crippen LogP contribution in [0, 0.1) is 0 Å². The number of alkyl halides is 2. The summed E-state index contributed by atoms with van der Waals surface area (Å²) < 4.78 is 24.3. The maximum Gasteiger partial charge on any atom is 0.269 e. The maximum absolute atomic E-state index is 12.1. The summed E-state index contributed by atoms with van der Waals surface area (Å²) in [5.41, 5.74) is 7.17. The fourth-order valence-corrected chi connectivity index (χ4v) is 0.928. The first-order valence-electron chi connectivity index (χ1n) is 3.54. The number of amides is 1. The number of carbonyl (C=O) groups is 1. The molecule has 0 aliphatic rings. The van der Waals surface area contributed by atoms with Crippen LogP contribution in [0.15, 0.2) is 11.0 Å². The smallest absolute Gasteiger partial charge is 0.269 e. The van der Waals surface area contributed by atoms with E-state index in [-0.39, 0.29) is 5.69 Å². The van der Waals surface area contributed by atoms with Gasteiger partial charge in [-0.05, 0) is 0 Å². The first kappa shape index (κ1) is 10.2. The number of carbonyl (C=O) groups excluding carboxylic acids is 1. The van der Waals surface area contributed by atoms with Gasteiger partial charge in [-0.1, -0.05) is 0 Å². The quantitative estimate of drug-likeness (QED) is 0.630. The third kappa shape index (κ3) is 1.56. The first-order valence-corrected chi connectivity index (χ1v) is 3.54. The van der Waals surface area contributed by atoms with Crippen LogP contribution < -0.4 is 16.9 Å². The molecule has 0 atom stereocenters. The van der Waals surface area contributed by atoms with Crippen LogP contribution in [0.3, 0.4) is 0 Å². The van der Waals surface area contributed by atoms with Crippen LogP contribution in [0.4, 0.5) is 14.5 Å². The molecule has 0 aliphatic carbocycles. The van der Waals surface area contributed by atoms with E-state index in [1.54, 1.807) is 0 Å². The molecule has 0 saturated heterocycles. The molecule has 1 aromatic heterocycles. The molecule has 7 heteroatoms. The molecule has 0 bridgehead atoms. The standard InChI is InChI=1S/C7H7F2N3O2/c8-6(9)2-1-12-4(7(11)14)3(10)5(2)13/h1,6H,10H2,(H2,11,14)(H,12,13). The van der Waals surface area contributed by atoms with Gasteiger partial charge in [0.15, 0.2) is 0 Å². The molecule has 0 unspecified atom stereocenters. The van der Waals surface area contributed by atoms with Gasteiger partial charge in [-0.25, -0.2) is 8.78 Å². The Morgan fingerprint density at radius 3 is 2.50 bits per heavy atom. The van der Waals surface area contributed by atoms with Gasteiger partial charge in [0.25, 0.3) is 12.3 Å². The predicted molar refractivity (Wildman–Crippen MR) is 44.9 cm³/mol. The molecule has 5 N–H and O–H groups in total. The second kappa shape index (κ2) is 3.44. The van der Waals surface area contributed by atoms with Crippen LogP contribution in [0.1, 0.15) is 22.5 Å². The number of aromatic amines is 1. The van der Waals surface area contributed by atoms with Crippen LogP contribution >= 0.6 is 0 Å². The minimum Gasteiger partial charge on any atom is -0.394 e. The molecule has 1 heterocycles. The molecule has 14 heavy (non-hydrogen) atoms. The molecule has 5 nitrogen and oxygen atoms in total. The van der Waals surface area contributed by atoms with E-state index >= 15 is 0 Å². The van der Waals surface area contributed by atoms with Gasteiger partial charge in [0.05, 0.1) is 5.56 Å². The minimum atomic E-state index is -2.94. The number of pyridine rings is 1. The summed E-state index contributed by atoms with van der Waals surface area (Å²) in [7, 11) is 0. The summed E-state index contributed by atoms with van der Waals surface area (Å²) in [4.78, 5) is 23.9. The predicted octanol–water partition coefficient (Wildman–Crippen LogP) is -0.00640. The van der Waals surface area contributed by atoms with Gasteiger partial charge in [-0.3, -0.25) is 9.59 Å². The molecule has 0 fully saturated rings. The van der Waals surface area contributed by atoms with Crippen molar-refractivity contribution in [2.45, 2.75) is 6.43 Å². The minimum absolute atomic E-state index is 0.362. The normalized spacial score (nSPS) is 10.5. The molecule has 0 aromatic carbocycles. The Hall–Kier alpha value is -1.92. The van der Waals surface area contributed by atoms with Crippen molar-refractivity contribution >= 4 is 11.6 Å². The van der Waals surface area contributed by atoms with Gasteiger partial charge in [0, 0.05) is 6.20 Å². The lowest BCUT2D eigenvalue weighted by Gasteiger charge is -2.03. The third-order valence-corrected chi connectivity index (χ3v) is 1.63. The van der Waals surface area contributed by atoms with Crippen molar-refractivity contribution in [1.82, 2.24) is 4.98 Å². The van der Waals surface area contributed by atoms with Crippen molar-refractivity contribution in [2.75, 3.05) is 5.73 Å². The Balaban J connectivity index is 3.42. The lowest BCUT2D eigenvalue weighted by molar-refractivity contribution is 0.0995. The fraction of sp³-hybridized carbons (Fsp3) is 0.143. The summed E-state index contributed by atoms with van der Waals surface area (Å²) in [5, 5.41) is 0. The number of primary amides is 1. The highest BCUT2D eigenvalue weighted by Gasteiger charge is 2.17. The first-order chi connectivity index (χ1) is 6.45. The molecule has 1 amide bonds. The van der Waals surface area contributed by atoms with Crippen LogP contribution in [-0.2, 0) is 0 Å². The van der Waals surface area contributed by atoms with Gasteiger partial charge in [0.2, 0.25) is 5.43 Å². The molecule has 1 rings (SSSR count). The van der Waals surface area contributed by atoms with Crippen molar-refractivity contribution in [1.29, 1.82) is 0 Å². The molecular weight excluding hydrogens is 196 g/mol. The number of halogens is 2. The van der Waals surface area contributed by atoms with E-state index < -0.39 is 29.0 Å². The van der Waals surface area contributed by atoms with Gasteiger partial charge in [0.1, 0.15) is 11.4 Å². The summed E-state index contributed by atoms with van der Waals surface area (Å²) >= 11 is 0. The topological polar surface area (TPSA) is 102 Å². The zero-order valence-electron chi connectivity index (χ0n) is 6.88. The molecule has 0 spiro atoms.